The molecule has 2 saturated heterocycles. The van der Waals surface area contributed by atoms with Crippen molar-refractivity contribution in [2.45, 2.75) is 75.6 Å². The van der Waals surface area contributed by atoms with Gasteiger partial charge < -0.3 is 10.6 Å². The molecule has 0 saturated carbocycles. The summed E-state index contributed by atoms with van der Waals surface area (Å²) in [5.74, 6) is 1.40. The molecule has 2 amide bonds. The van der Waals surface area contributed by atoms with E-state index in [0.717, 1.165) is 50.7 Å². The van der Waals surface area contributed by atoms with Crippen molar-refractivity contribution in [2.24, 2.45) is 0 Å². The van der Waals surface area contributed by atoms with Crippen molar-refractivity contribution < 1.29 is 9.59 Å². The van der Waals surface area contributed by atoms with Gasteiger partial charge in [-0.25, -0.2) is 4.79 Å². The number of fused-ring (bicyclic) bond motifs is 1. The maximum absolute atomic E-state index is 11.5. The van der Waals surface area contributed by atoms with E-state index in [2.05, 4.69) is 24.5 Å². The highest BCUT2D eigenvalue weighted by Crippen LogP contribution is 2.39. The van der Waals surface area contributed by atoms with Gasteiger partial charge in [-0.05, 0) is 26.2 Å². The van der Waals surface area contributed by atoms with Crippen molar-refractivity contribution in [1.82, 2.24) is 10.6 Å². The summed E-state index contributed by atoms with van der Waals surface area (Å²) in [4.78, 5) is 22.9. The number of amides is 2. The standard InChI is InChI=1S/C15H26N2O2S/c1-3-7-11(18)8-5-4-6-9-12-13-15(2,10-20-12)17-14(19)16-13/h12-13H,3-10H2,1-2H3,(H2,16,17,19)/t12-,13+,15-/m0/s1. The molecule has 0 aromatic carbocycles. The Morgan fingerprint density at radius 3 is 2.90 bits per heavy atom. The van der Waals surface area contributed by atoms with Crippen LogP contribution in [0, 0.1) is 0 Å². The number of thioether (sulfide) groups is 1. The fourth-order valence-electron chi connectivity index (χ4n) is 3.18. The zero-order valence-electron chi connectivity index (χ0n) is 12.5. The Bertz CT molecular complexity index is 375. The summed E-state index contributed by atoms with van der Waals surface area (Å²) in [6.45, 7) is 4.18. The number of hydrogen-bond donors (Lipinski definition) is 2. The minimum absolute atomic E-state index is 0.0204. The normalized spacial score (nSPS) is 31.8. The highest BCUT2D eigenvalue weighted by atomic mass is 32.2. The molecule has 0 bridgehead atoms. The van der Waals surface area contributed by atoms with Crippen molar-refractivity contribution >= 4 is 23.6 Å². The van der Waals surface area contributed by atoms with Crippen molar-refractivity contribution in [2.75, 3.05) is 5.75 Å². The van der Waals surface area contributed by atoms with E-state index in [1.165, 1.54) is 0 Å². The Balaban J connectivity index is 1.63. The molecular formula is C15H26N2O2S. The SMILES string of the molecule is CCCC(=O)CCCCC[C@@H]1SC[C@]2(C)NC(=O)N[C@H]12. The van der Waals surface area contributed by atoms with Crippen LogP contribution >= 0.6 is 11.8 Å². The first-order chi connectivity index (χ1) is 9.55. The quantitative estimate of drug-likeness (QED) is 0.535. The average molecular weight is 298 g/mol. The van der Waals surface area contributed by atoms with E-state index in [1.54, 1.807) is 0 Å². The van der Waals surface area contributed by atoms with Crippen LogP contribution in [0.2, 0.25) is 0 Å². The van der Waals surface area contributed by atoms with Gasteiger partial charge in [0.05, 0.1) is 11.6 Å². The minimum atomic E-state index is -0.0660. The van der Waals surface area contributed by atoms with E-state index < -0.39 is 0 Å². The molecule has 0 aliphatic carbocycles. The molecule has 2 aliphatic rings. The van der Waals surface area contributed by atoms with Gasteiger partial charge in [0, 0.05) is 23.8 Å². The lowest BCUT2D eigenvalue weighted by atomic mass is 9.92. The van der Waals surface area contributed by atoms with E-state index >= 15 is 0 Å². The van der Waals surface area contributed by atoms with Crippen LogP contribution < -0.4 is 10.6 Å². The molecule has 2 aliphatic heterocycles. The Morgan fingerprint density at radius 2 is 2.15 bits per heavy atom. The first-order valence-electron chi connectivity index (χ1n) is 7.77. The van der Waals surface area contributed by atoms with Crippen LogP contribution in [-0.4, -0.2) is 34.4 Å². The van der Waals surface area contributed by atoms with E-state index in [0.29, 0.717) is 11.0 Å². The predicted octanol–water partition coefficient (Wildman–Crippen LogP) is 2.86. The van der Waals surface area contributed by atoms with Crippen LogP contribution in [0.25, 0.3) is 0 Å². The number of ketones is 1. The van der Waals surface area contributed by atoms with Gasteiger partial charge in [-0.3, -0.25) is 4.79 Å². The zero-order valence-corrected chi connectivity index (χ0v) is 13.4. The lowest BCUT2D eigenvalue weighted by Crippen LogP contribution is -2.47. The van der Waals surface area contributed by atoms with Gasteiger partial charge in [-0.2, -0.15) is 11.8 Å². The third kappa shape index (κ3) is 3.68. The average Bonchev–Trinajstić information content (AvgIpc) is 2.83. The molecule has 0 aromatic heterocycles. The van der Waals surface area contributed by atoms with E-state index in [1.807, 2.05) is 11.8 Å². The fraction of sp³-hybridized carbons (Fsp3) is 0.867. The molecule has 114 valence electrons. The van der Waals surface area contributed by atoms with Crippen molar-refractivity contribution in [1.29, 1.82) is 0 Å². The molecule has 0 aromatic rings. The topological polar surface area (TPSA) is 58.2 Å². The molecule has 0 unspecified atom stereocenters. The van der Waals surface area contributed by atoms with Crippen molar-refractivity contribution in [3.63, 3.8) is 0 Å². The highest BCUT2D eigenvalue weighted by Gasteiger charge is 2.51. The number of nitrogens with one attached hydrogen (secondary N) is 2. The first kappa shape index (κ1) is 15.7. The number of hydrogen-bond acceptors (Lipinski definition) is 3. The smallest absolute Gasteiger partial charge is 0.315 e. The Morgan fingerprint density at radius 1 is 1.35 bits per heavy atom. The molecule has 0 spiro atoms. The van der Waals surface area contributed by atoms with Crippen LogP contribution in [0.15, 0.2) is 0 Å². The maximum Gasteiger partial charge on any atom is 0.315 e. The molecular weight excluding hydrogens is 272 g/mol. The van der Waals surface area contributed by atoms with E-state index in [-0.39, 0.29) is 17.6 Å². The lowest BCUT2D eigenvalue weighted by molar-refractivity contribution is -0.119. The zero-order chi connectivity index (χ0) is 14.6. The Labute approximate surface area is 125 Å². The van der Waals surface area contributed by atoms with Crippen molar-refractivity contribution in [3.8, 4) is 0 Å². The molecule has 0 radical (unpaired) electrons. The van der Waals surface area contributed by atoms with Gasteiger partial charge in [0.15, 0.2) is 0 Å². The highest BCUT2D eigenvalue weighted by molar-refractivity contribution is 8.00. The number of unbranched alkanes of at least 4 members (excludes halogenated alkanes) is 2. The third-order valence-electron chi connectivity index (χ3n) is 4.31. The third-order valence-corrected chi connectivity index (χ3v) is 6.02. The Kier molecular flexibility index (Phi) is 5.35. The molecule has 2 fully saturated rings. The second kappa shape index (κ2) is 6.83. The molecule has 2 heterocycles. The molecule has 20 heavy (non-hydrogen) atoms. The summed E-state index contributed by atoms with van der Waals surface area (Å²) in [6, 6.07) is 0.245. The van der Waals surface area contributed by atoms with Gasteiger partial charge in [-0.1, -0.05) is 19.8 Å². The summed E-state index contributed by atoms with van der Waals surface area (Å²) in [6.07, 6.45) is 6.86. The van der Waals surface area contributed by atoms with Gasteiger partial charge in [0.1, 0.15) is 5.78 Å². The molecule has 5 heteroatoms. The second-order valence-electron chi connectivity index (χ2n) is 6.23. The number of Topliss-reactive ketones (excluding diaryl/α,β-unsaturated/α-hetero) is 1. The van der Waals surface area contributed by atoms with E-state index in [4.69, 9.17) is 0 Å². The maximum atomic E-state index is 11.5. The monoisotopic (exact) mass is 298 g/mol. The molecule has 3 atom stereocenters. The van der Waals surface area contributed by atoms with Gasteiger partial charge >= 0.3 is 6.03 Å². The number of rotatable bonds is 8. The predicted molar refractivity (Wildman–Crippen MR) is 83.1 cm³/mol. The van der Waals surface area contributed by atoms with E-state index in [9.17, 15) is 9.59 Å². The van der Waals surface area contributed by atoms with Gasteiger partial charge in [0.25, 0.3) is 0 Å². The van der Waals surface area contributed by atoms with Crippen molar-refractivity contribution in [3.05, 3.63) is 0 Å². The molecule has 2 N–H and O–H groups in total. The largest absolute Gasteiger partial charge is 0.332 e. The summed E-state index contributed by atoms with van der Waals surface area (Å²) >= 11 is 1.96. The van der Waals surface area contributed by atoms with Crippen LogP contribution in [0.3, 0.4) is 0 Å². The molecule has 4 nitrogen and oxygen atoms in total. The summed E-state index contributed by atoms with van der Waals surface area (Å²) in [7, 11) is 0. The number of carbonyl (C=O) groups excluding carboxylic acids is 2. The fourth-order valence-corrected chi connectivity index (χ4v) is 4.88. The molecule has 2 rings (SSSR count). The van der Waals surface area contributed by atoms with Crippen LogP contribution in [0.4, 0.5) is 4.79 Å². The minimum Gasteiger partial charge on any atom is -0.332 e. The lowest BCUT2D eigenvalue weighted by Gasteiger charge is -2.23. The number of urea groups is 1. The van der Waals surface area contributed by atoms with Crippen LogP contribution in [0.5, 0.6) is 0 Å². The Hall–Kier alpha value is -0.710. The van der Waals surface area contributed by atoms with Crippen LogP contribution in [-0.2, 0) is 4.79 Å². The number of carbonyl (C=O) groups is 2. The summed E-state index contributed by atoms with van der Waals surface area (Å²) < 4.78 is 0. The summed E-state index contributed by atoms with van der Waals surface area (Å²) in [5.41, 5.74) is -0.0660. The van der Waals surface area contributed by atoms with Gasteiger partial charge in [-0.15, -0.1) is 0 Å². The summed E-state index contributed by atoms with van der Waals surface area (Å²) in [5, 5.41) is 6.61. The second-order valence-corrected chi connectivity index (χ2v) is 7.46. The van der Waals surface area contributed by atoms with Crippen LogP contribution in [0.1, 0.15) is 58.8 Å². The van der Waals surface area contributed by atoms with Gasteiger partial charge in [0.2, 0.25) is 0 Å². The first-order valence-corrected chi connectivity index (χ1v) is 8.82.